The van der Waals surface area contributed by atoms with Gasteiger partial charge in [0.2, 0.25) is 0 Å². The predicted octanol–water partition coefficient (Wildman–Crippen LogP) is 5.22. The standard InChI is InChI=1S/C26H14O3/c27-25(23-15-11-21(12-16-23)19-7-3-1-4-8-19)29-26(28)24-17-13-22(14-18-24)20-9-5-2-6-10-20/h1-3,5,7,9,11-18H. The van der Waals surface area contributed by atoms with E-state index in [-0.39, 0.29) is 0 Å². The van der Waals surface area contributed by atoms with E-state index in [1.807, 2.05) is 24.3 Å². The molecule has 0 fully saturated rings. The third-order valence-corrected chi connectivity index (χ3v) is 4.35. The summed E-state index contributed by atoms with van der Waals surface area (Å²) in [7, 11) is 0. The first-order valence-electron chi connectivity index (χ1n) is 8.95. The van der Waals surface area contributed by atoms with Crippen LogP contribution in [0.5, 0.6) is 0 Å². The van der Waals surface area contributed by atoms with Gasteiger partial charge in [0.25, 0.3) is 0 Å². The van der Waals surface area contributed by atoms with Gasteiger partial charge in [-0.2, -0.15) is 0 Å². The van der Waals surface area contributed by atoms with E-state index < -0.39 is 11.9 Å². The van der Waals surface area contributed by atoms with Crippen molar-refractivity contribution in [3.05, 3.63) is 120 Å². The van der Waals surface area contributed by atoms with E-state index in [0.717, 1.165) is 22.3 Å². The van der Waals surface area contributed by atoms with Gasteiger partial charge < -0.3 is 4.74 Å². The van der Waals surface area contributed by atoms with Gasteiger partial charge in [-0.3, -0.25) is 0 Å². The van der Waals surface area contributed by atoms with Gasteiger partial charge in [-0.05, 0) is 59.7 Å². The predicted molar refractivity (Wildman–Crippen MR) is 109 cm³/mol. The number of carbonyl (C=O) groups excluding carboxylic acids is 2. The van der Waals surface area contributed by atoms with E-state index in [1.54, 1.807) is 60.7 Å². The molecule has 0 atom stereocenters. The van der Waals surface area contributed by atoms with E-state index in [4.69, 9.17) is 4.74 Å². The van der Waals surface area contributed by atoms with Gasteiger partial charge in [0.05, 0.1) is 11.1 Å². The number of benzene rings is 2. The van der Waals surface area contributed by atoms with Crippen molar-refractivity contribution in [2.75, 3.05) is 0 Å². The molecule has 0 bridgehead atoms. The maximum atomic E-state index is 12.3. The Hall–Kier alpha value is -4.34. The van der Waals surface area contributed by atoms with Crippen LogP contribution in [0.25, 0.3) is 22.3 Å². The summed E-state index contributed by atoms with van der Waals surface area (Å²) in [6.07, 6.45) is 0. The van der Waals surface area contributed by atoms with Crippen molar-refractivity contribution in [2.24, 2.45) is 0 Å². The van der Waals surface area contributed by atoms with Crippen LogP contribution in [0.1, 0.15) is 20.7 Å². The van der Waals surface area contributed by atoms with Gasteiger partial charge in [0.15, 0.2) is 0 Å². The molecule has 3 nitrogen and oxygen atoms in total. The highest BCUT2D eigenvalue weighted by atomic mass is 16.6. The molecule has 4 aromatic carbocycles. The van der Waals surface area contributed by atoms with E-state index >= 15 is 0 Å². The van der Waals surface area contributed by atoms with Crippen LogP contribution in [0.2, 0.25) is 0 Å². The Bertz CT molecular complexity index is 1020. The topological polar surface area (TPSA) is 43.4 Å². The van der Waals surface area contributed by atoms with Crippen LogP contribution >= 0.6 is 0 Å². The molecule has 0 aliphatic rings. The summed E-state index contributed by atoms with van der Waals surface area (Å²) < 4.78 is 5.01. The first kappa shape index (κ1) is 18.0. The average Bonchev–Trinajstić information content (AvgIpc) is 2.80. The summed E-state index contributed by atoms with van der Waals surface area (Å²) in [4.78, 5) is 24.6. The lowest BCUT2D eigenvalue weighted by Crippen LogP contribution is -2.12. The molecule has 0 N–H and O–H groups in total. The summed E-state index contributed by atoms with van der Waals surface area (Å²) in [5, 5.41) is 0. The zero-order chi connectivity index (χ0) is 20.1. The fraction of sp³-hybridized carbons (Fsp3) is 0. The molecule has 0 heterocycles. The SMILES string of the molecule is O=C(OC(=O)c1ccc(-c2c#cccc2)cc1)c1ccc(-c2c#cccc2)cc1. The third kappa shape index (κ3) is 4.16. The molecule has 0 amide bonds. The third-order valence-electron chi connectivity index (χ3n) is 4.35. The molecule has 0 aromatic heterocycles. The van der Waals surface area contributed by atoms with Crippen molar-refractivity contribution in [3.8, 4) is 22.3 Å². The molecule has 0 saturated heterocycles. The Morgan fingerprint density at radius 1 is 0.586 bits per heavy atom. The quantitative estimate of drug-likeness (QED) is 0.363. The van der Waals surface area contributed by atoms with E-state index in [9.17, 15) is 9.59 Å². The van der Waals surface area contributed by atoms with Gasteiger partial charge in [-0.25, -0.2) is 9.59 Å². The molecule has 0 aliphatic carbocycles. The van der Waals surface area contributed by atoms with Gasteiger partial charge in [-0.1, -0.05) is 60.7 Å². The zero-order valence-electron chi connectivity index (χ0n) is 15.3. The first-order valence-corrected chi connectivity index (χ1v) is 8.95. The highest BCUT2D eigenvalue weighted by molar-refractivity contribution is 6.02. The van der Waals surface area contributed by atoms with Crippen molar-refractivity contribution < 1.29 is 14.3 Å². The Morgan fingerprint density at radius 2 is 1.00 bits per heavy atom. The minimum Gasteiger partial charge on any atom is -0.386 e. The zero-order valence-corrected chi connectivity index (χ0v) is 15.3. The highest BCUT2D eigenvalue weighted by Gasteiger charge is 2.15. The number of carbonyl (C=O) groups is 2. The summed E-state index contributed by atoms with van der Waals surface area (Å²) in [5.74, 6) is -1.39. The molecule has 29 heavy (non-hydrogen) atoms. The Labute approximate surface area is 169 Å². The second kappa shape index (κ2) is 8.13. The minimum atomic E-state index is -0.694. The second-order valence-electron chi connectivity index (χ2n) is 6.25. The smallest absolute Gasteiger partial charge is 0.346 e. The molecule has 4 aromatic rings. The van der Waals surface area contributed by atoms with Gasteiger partial charge in [0, 0.05) is 11.1 Å². The highest BCUT2D eigenvalue weighted by Crippen LogP contribution is 2.19. The van der Waals surface area contributed by atoms with Crippen molar-refractivity contribution in [1.82, 2.24) is 0 Å². The van der Waals surface area contributed by atoms with Crippen LogP contribution < -0.4 is 0 Å². The number of hydrogen-bond acceptors (Lipinski definition) is 3. The van der Waals surface area contributed by atoms with Crippen molar-refractivity contribution in [3.63, 3.8) is 0 Å². The lowest BCUT2D eigenvalue weighted by Gasteiger charge is -2.05. The monoisotopic (exact) mass is 374 g/mol. The summed E-state index contributed by atoms with van der Waals surface area (Å²) in [6, 6.07) is 36.5. The summed E-state index contributed by atoms with van der Waals surface area (Å²) >= 11 is 0. The number of esters is 2. The molecular formula is C26H14O3. The lowest BCUT2D eigenvalue weighted by molar-refractivity contribution is 0.0398. The number of hydrogen-bond donors (Lipinski definition) is 0. The molecule has 3 heteroatoms. The molecule has 0 spiro atoms. The molecule has 136 valence electrons. The van der Waals surface area contributed by atoms with Crippen LogP contribution in [0, 0.1) is 24.3 Å². The van der Waals surface area contributed by atoms with Gasteiger partial charge in [0.1, 0.15) is 0 Å². The maximum absolute atomic E-state index is 12.3. The van der Waals surface area contributed by atoms with Crippen LogP contribution in [-0.2, 0) is 4.74 Å². The van der Waals surface area contributed by atoms with Crippen LogP contribution in [0.3, 0.4) is 0 Å². The fourth-order valence-corrected chi connectivity index (χ4v) is 2.82. The van der Waals surface area contributed by atoms with Crippen molar-refractivity contribution >= 4 is 11.9 Å². The average molecular weight is 374 g/mol. The van der Waals surface area contributed by atoms with Crippen molar-refractivity contribution in [2.45, 2.75) is 0 Å². The molecule has 0 unspecified atom stereocenters. The van der Waals surface area contributed by atoms with Gasteiger partial charge in [-0.15, -0.1) is 0 Å². The molecule has 0 saturated carbocycles. The molecule has 0 aliphatic heterocycles. The minimum absolute atomic E-state index is 0.299. The van der Waals surface area contributed by atoms with E-state index in [2.05, 4.69) is 24.3 Å². The summed E-state index contributed by atoms with van der Waals surface area (Å²) in [6.45, 7) is 0. The first-order chi connectivity index (χ1) is 14.2. The molecule has 4 rings (SSSR count). The second-order valence-corrected chi connectivity index (χ2v) is 6.25. The van der Waals surface area contributed by atoms with E-state index in [0.29, 0.717) is 11.1 Å². The summed E-state index contributed by atoms with van der Waals surface area (Å²) in [5.41, 5.74) is 4.14. The normalized spacial score (nSPS) is 9.79. The van der Waals surface area contributed by atoms with Crippen LogP contribution in [-0.4, -0.2) is 11.9 Å². The Kier molecular flexibility index (Phi) is 5.06. The van der Waals surface area contributed by atoms with Gasteiger partial charge >= 0.3 is 11.9 Å². The Morgan fingerprint density at radius 3 is 1.34 bits per heavy atom. The van der Waals surface area contributed by atoms with Crippen molar-refractivity contribution in [1.29, 1.82) is 0 Å². The fourth-order valence-electron chi connectivity index (χ4n) is 2.82. The lowest BCUT2D eigenvalue weighted by atomic mass is 10.1. The number of ether oxygens (including phenoxy) is 1. The molecule has 0 radical (unpaired) electrons. The largest absolute Gasteiger partial charge is 0.386 e. The number of rotatable bonds is 4. The molecular weight excluding hydrogens is 360 g/mol. The maximum Gasteiger partial charge on any atom is 0.346 e. The van der Waals surface area contributed by atoms with Crippen LogP contribution in [0.4, 0.5) is 0 Å². The Balaban J connectivity index is 1.43. The van der Waals surface area contributed by atoms with E-state index in [1.165, 1.54) is 0 Å². The van der Waals surface area contributed by atoms with Crippen LogP contribution in [0.15, 0.2) is 84.9 Å².